The van der Waals surface area contributed by atoms with E-state index >= 15 is 0 Å². The molecule has 0 aliphatic heterocycles. The van der Waals surface area contributed by atoms with E-state index in [1.165, 1.54) is 0 Å². The van der Waals surface area contributed by atoms with Gasteiger partial charge in [-0.1, -0.05) is 18.2 Å². The van der Waals surface area contributed by atoms with E-state index < -0.39 is 5.97 Å². The number of aromatic nitrogens is 3. The summed E-state index contributed by atoms with van der Waals surface area (Å²) >= 11 is 0. The summed E-state index contributed by atoms with van der Waals surface area (Å²) in [7, 11) is 0. The number of carboxylic acid groups (broad SMARTS) is 1. The highest BCUT2D eigenvalue weighted by molar-refractivity contribution is 5.67. The highest BCUT2D eigenvalue weighted by atomic mass is 16.4. The average Bonchev–Trinajstić information content (AvgIpc) is 2.73. The Bertz CT molecular complexity index is 1000. The second-order valence-corrected chi connectivity index (χ2v) is 5.91. The van der Waals surface area contributed by atoms with Crippen molar-refractivity contribution in [2.75, 3.05) is 17.2 Å². The van der Waals surface area contributed by atoms with Crippen molar-refractivity contribution in [2.45, 2.75) is 13.0 Å². The molecule has 0 saturated carbocycles. The third kappa shape index (κ3) is 5.25. The second kappa shape index (κ2) is 9.09. The van der Waals surface area contributed by atoms with Crippen LogP contribution in [-0.4, -0.2) is 32.6 Å². The predicted molar refractivity (Wildman–Crippen MR) is 104 cm³/mol. The van der Waals surface area contributed by atoms with Crippen LogP contribution in [0.5, 0.6) is 0 Å². The van der Waals surface area contributed by atoms with Crippen LogP contribution in [0.15, 0.2) is 54.7 Å². The van der Waals surface area contributed by atoms with Crippen molar-refractivity contribution in [3.05, 3.63) is 65.9 Å². The van der Waals surface area contributed by atoms with Gasteiger partial charge in [-0.3, -0.25) is 9.78 Å². The summed E-state index contributed by atoms with van der Waals surface area (Å²) in [6.07, 6.45) is 1.64. The molecule has 3 N–H and O–H groups in total. The lowest BCUT2D eigenvalue weighted by Crippen LogP contribution is -2.11. The van der Waals surface area contributed by atoms with Crippen LogP contribution in [0, 0.1) is 11.3 Å². The summed E-state index contributed by atoms with van der Waals surface area (Å²) in [5.74, 6) is 0.609. The fraction of sp³-hybridized carbons (Fsp3) is 0.150. The third-order valence-electron chi connectivity index (χ3n) is 3.79. The average molecular weight is 374 g/mol. The fourth-order valence-corrected chi connectivity index (χ4v) is 2.48. The van der Waals surface area contributed by atoms with E-state index in [0.29, 0.717) is 35.3 Å². The summed E-state index contributed by atoms with van der Waals surface area (Å²) in [6, 6.07) is 16.6. The number of nitrogens with zero attached hydrogens (tertiary/aromatic N) is 4. The topological polar surface area (TPSA) is 124 Å². The number of carboxylic acids is 1. The van der Waals surface area contributed by atoms with E-state index in [1.807, 2.05) is 18.2 Å². The number of nitriles is 1. The Kier molecular flexibility index (Phi) is 6.10. The van der Waals surface area contributed by atoms with Crippen LogP contribution in [0.2, 0.25) is 0 Å². The number of aliphatic carboxylic acids is 1. The van der Waals surface area contributed by atoms with E-state index in [0.717, 1.165) is 5.56 Å². The number of hydrogen-bond donors (Lipinski definition) is 3. The summed E-state index contributed by atoms with van der Waals surface area (Å²) in [5.41, 5.74) is 2.14. The molecule has 2 aromatic heterocycles. The van der Waals surface area contributed by atoms with Gasteiger partial charge in [0.2, 0.25) is 0 Å². The molecule has 0 amide bonds. The number of benzene rings is 1. The van der Waals surface area contributed by atoms with Gasteiger partial charge < -0.3 is 15.7 Å². The maximum absolute atomic E-state index is 10.7. The van der Waals surface area contributed by atoms with Crippen LogP contribution in [0.25, 0.3) is 11.5 Å². The molecule has 2 heterocycles. The smallest absolute Gasteiger partial charge is 0.305 e. The minimum Gasteiger partial charge on any atom is -0.481 e. The quantitative estimate of drug-likeness (QED) is 0.550. The van der Waals surface area contributed by atoms with Gasteiger partial charge in [0.05, 0.1) is 18.1 Å². The SMILES string of the molecule is N#Cc1cccc(CNc2cc(NCCC(=O)O)nc(-c3ccccn3)n2)c1. The molecule has 1 aromatic carbocycles. The van der Waals surface area contributed by atoms with Crippen LogP contribution in [0.4, 0.5) is 11.6 Å². The molecule has 0 unspecified atom stereocenters. The van der Waals surface area contributed by atoms with Crippen molar-refractivity contribution in [1.29, 1.82) is 5.26 Å². The Balaban J connectivity index is 1.81. The molecule has 0 bridgehead atoms. The first-order chi connectivity index (χ1) is 13.6. The summed E-state index contributed by atoms with van der Waals surface area (Å²) in [5, 5.41) is 24.1. The lowest BCUT2D eigenvalue weighted by Gasteiger charge is -2.11. The van der Waals surface area contributed by atoms with E-state index in [-0.39, 0.29) is 13.0 Å². The summed E-state index contributed by atoms with van der Waals surface area (Å²) in [4.78, 5) is 23.9. The van der Waals surface area contributed by atoms with Crippen molar-refractivity contribution >= 4 is 17.6 Å². The van der Waals surface area contributed by atoms with Crippen molar-refractivity contribution in [2.24, 2.45) is 0 Å². The van der Waals surface area contributed by atoms with Gasteiger partial charge in [-0.25, -0.2) is 9.97 Å². The first-order valence-corrected chi connectivity index (χ1v) is 8.63. The van der Waals surface area contributed by atoms with Crippen molar-refractivity contribution in [3.8, 4) is 17.6 Å². The monoisotopic (exact) mass is 374 g/mol. The molecule has 3 rings (SSSR count). The molecular formula is C20H18N6O2. The lowest BCUT2D eigenvalue weighted by molar-refractivity contribution is -0.136. The normalized spacial score (nSPS) is 10.1. The zero-order valence-corrected chi connectivity index (χ0v) is 15.0. The minimum absolute atomic E-state index is 0.0212. The van der Waals surface area contributed by atoms with Crippen molar-refractivity contribution in [1.82, 2.24) is 15.0 Å². The van der Waals surface area contributed by atoms with Crippen LogP contribution in [0.3, 0.4) is 0 Å². The number of rotatable bonds is 8. The molecular weight excluding hydrogens is 356 g/mol. The Hall–Kier alpha value is -3.99. The predicted octanol–water partition coefficient (Wildman–Crippen LogP) is 2.91. The highest BCUT2D eigenvalue weighted by Gasteiger charge is 2.09. The minimum atomic E-state index is -0.887. The summed E-state index contributed by atoms with van der Waals surface area (Å²) < 4.78 is 0. The van der Waals surface area contributed by atoms with Gasteiger partial charge >= 0.3 is 5.97 Å². The Morgan fingerprint density at radius 1 is 1.07 bits per heavy atom. The van der Waals surface area contributed by atoms with Gasteiger partial charge in [-0.15, -0.1) is 0 Å². The molecule has 0 fully saturated rings. The van der Waals surface area contributed by atoms with Gasteiger partial charge in [-0.05, 0) is 29.8 Å². The van der Waals surface area contributed by atoms with Crippen LogP contribution in [-0.2, 0) is 11.3 Å². The maximum atomic E-state index is 10.7. The van der Waals surface area contributed by atoms with Crippen LogP contribution in [0.1, 0.15) is 17.5 Å². The van der Waals surface area contributed by atoms with Gasteiger partial charge in [0.15, 0.2) is 5.82 Å². The van der Waals surface area contributed by atoms with E-state index in [1.54, 1.807) is 36.5 Å². The molecule has 0 aliphatic carbocycles. The Morgan fingerprint density at radius 3 is 2.61 bits per heavy atom. The second-order valence-electron chi connectivity index (χ2n) is 5.91. The Morgan fingerprint density at radius 2 is 1.89 bits per heavy atom. The van der Waals surface area contributed by atoms with Gasteiger partial charge in [0.1, 0.15) is 17.3 Å². The number of pyridine rings is 1. The first kappa shape index (κ1) is 18.8. The van der Waals surface area contributed by atoms with E-state index in [9.17, 15) is 4.79 Å². The van der Waals surface area contributed by atoms with Crippen LogP contribution >= 0.6 is 0 Å². The third-order valence-corrected chi connectivity index (χ3v) is 3.79. The molecule has 0 atom stereocenters. The number of nitrogens with one attached hydrogen (secondary N) is 2. The molecule has 8 nitrogen and oxygen atoms in total. The Labute approximate surface area is 161 Å². The zero-order chi connectivity index (χ0) is 19.8. The van der Waals surface area contributed by atoms with Gasteiger partial charge in [-0.2, -0.15) is 5.26 Å². The molecule has 140 valence electrons. The molecule has 0 radical (unpaired) electrons. The van der Waals surface area contributed by atoms with E-state index in [4.69, 9.17) is 10.4 Å². The molecule has 28 heavy (non-hydrogen) atoms. The zero-order valence-electron chi connectivity index (χ0n) is 15.0. The molecule has 0 spiro atoms. The molecule has 0 saturated heterocycles. The highest BCUT2D eigenvalue weighted by Crippen LogP contribution is 2.19. The van der Waals surface area contributed by atoms with Crippen molar-refractivity contribution < 1.29 is 9.90 Å². The lowest BCUT2D eigenvalue weighted by atomic mass is 10.1. The summed E-state index contributed by atoms with van der Waals surface area (Å²) in [6.45, 7) is 0.723. The van der Waals surface area contributed by atoms with E-state index in [2.05, 4.69) is 31.7 Å². The van der Waals surface area contributed by atoms with Gasteiger partial charge in [0, 0.05) is 25.4 Å². The maximum Gasteiger partial charge on any atom is 0.305 e. The molecule has 0 aliphatic rings. The number of anilines is 2. The van der Waals surface area contributed by atoms with Crippen LogP contribution < -0.4 is 10.6 Å². The number of hydrogen-bond acceptors (Lipinski definition) is 7. The standard InChI is InChI=1S/C20H18N6O2/c21-12-14-4-3-5-15(10-14)13-24-18-11-17(23-9-7-19(27)28)25-20(26-18)16-6-1-2-8-22-16/h1-6,8,10-11H,7,9,13H2,(H,27,28)(H2,23,24,25,26). The van der Waals surface area contributed by atoms with Gasteiger partial charge in [0.25, 0.3) is 0 Å². The first-order valence-electron chi connectivity index (χ1n) is 8.63. The van der Waals surface area contributed by atoms with Crippen molar-refractivity contribution in [3.63, 3.8) is 0 Å². The fourth-order valence-electron chi connectivity index (χ4n) is 2.48. The number of carbonyl (C=O) groups is 1. The largest absolute Gasteiger partial charge is 0.481 e. The molecule has 8 heteroatoms. The molecule has 3 aromatic rings.